The van der Waals surface area contributed by atoms with Crippen LogP contribution in [0.3, 0.4) is 0 Å². The van der Waals surface area contributed by atoms with Crippen molar-refractivity contribution >= 4 is 23.4 Å². The molecular formula is C19H23ClN2O3. The molecule has 0 aromatic heterocycles. The lowest BCUT2D eigenvalue weighted by Gasteiger charge is -2.32. The van der Waals surface area contributed by atoms with Gasteiger partial charge in [0.25, 0.3) is 0 Å². The van der Waals surface area contributed by atoms with Crippen molar-refractivity contribution in [2.24, 2.45) is 5.92 Å². The average Bonchev–Trinajstić information content (AvgIpc) is 2.90. The van der Waals surface area contributed by atoms with Crippen molar-refractivity contribution in [1.29, 1.82) is 0 Å². The maximum absolute atomic E-state index is 13.1. The summed E-state index contributed by atoms with van der Waals surface area (Å²) in [5, 5.41) is 0.613. The van der Waals surface area contributed by atoms with Gasteiger partial charge in [-0.1, -0.05) is 29.8 Å². The number of benzene rings is 1. The summed E-state index contributed by atoms with van der Waals surface area (Å²) in [7, 11) is 3.43. The summed E-state index contributed by atoms with van der Waals surface area (Å²) < 4.78 is 5.16. The number of ether oxygens (including phenoxy) is 1. The molecule has 2 atom stereocenters. The van der Waals surface area contributed by atoms with Crippen molar-refractivity contribution in [2.75, 3.05) is 33.9 Å². The van der Waals surface area contributed by atoms with Crippen molar-refractivity contribution in [3.8, 4) is 0 Å². The van der Waals surface area contributed by atoms with Crippen LogP contribution in [0, 0.1) is 5.92 Å². The number of hydrogen-bond donors (Lipinski definition) is 0. The topological polar surface area (TPSA) is 49.9 Å². The van der Waals surface area contributed by atoms with Crippen LogP contribution in [0.1, 0.15) is 24.4 Å². The van der Waals surface area contributed by atoms with Crippen molar-refractivity contribution in [3.63, 3.8) is 0 Å². The minimum atomic E-state index is -0.367. The molecule has 0 radical (unpaired) electrons. The Morgan fingerprint density at radius 1 is 1.40 bits per heavy atom. The molecule has 0 N–H and O–H groups in total. The van der Waals surface area contributed by atoms with Gasteiger partial charge in [0.2, 0.25) is 11.8 Å². The first kappa shape index (κ1) is 18.0. The van der Waals surface area contributed by atoms with Crippen molar-refractivity contribution in [2.45, 2.75) is 18.9 Å². The van der Waals surface area contributed by atoms with Crippen LogP contribution in [0.5, 0.6) is 0 Å². The Kier molecular flexibility index (Phi) is 5.45. The smallest absolute Gasteiger partial charge is 0.228 e. The number of amides is 2. The van der Waals surface area contributed by atoms with Crippen LogP contribution in [-0.4, -0.2) is 55.5 Å². The van der Waals surface area contributed by atoms with Crippen LogP contribution in [0.4, 0.5) is 0 Å². The zero-order valence-corrected chi connectivity index (χ0v) is 15.3. The Hall–Kier alpha value is -1.85. The predicted octanol–water partition coefficient (Wildman–Crippen LogP) is 2.66. The van der Waals surface area contributed by atoms with Crippen molar-refractivity contribution in [3.05, 3.63) is 46.5 Å². The third-order valence-corrected chi connectivity index (χ3v) is 5.27. The molecule has 0 saturated carbocycles. The monoisotopic (exact) mass is 362 g/mol. The number of halogens is 1. The van der Waals surface area contributed by atoms with E-state index in [0.717, 1.165) is 12.0 Å². The molecule has 25 heavy (non-hydrogen) atoms. The first-order valence-electron chi connectivity index (χ1n) is 8.48. The minimum absolute atomic E-state index is 0.00375. The zero-order valence-electron chi connectivity index (χ0n) is 14.6. The Labute approximate surface area is 153 Å². The molecule has 0 bridgehead atoms. The third kappa shape index (κ3) is 3.72. The average molecular weight is 363 g/mol. The van der Waals surface area contributed by atoms with Crippen LogP contribution in [-0.2, 0) is 14.3 Å². The van der Waals surface area contributed by atoms with Crippen molar-refractivity contribution in [1.82, 2.24) is 9.80 Å². The van der Waals surface area contributed by atoms with E-state index in [-0.39, 0.29) is 30.2 Å². The number of nitrogens with zero attached hydrogens (tertiary/aromatic N) is 2. The summed E-state index contributed by atoms with van der Waals surface area (Å²) in [5.74, 6) is -0.334. The molecule has 1 aromatic carbocycles. The van der Waals surface area contributed by atoms with Gasteiger partial charge >= 0.3 is 0 Å². The lowest BCUT2D eigenvalue weighted by molar-refractivity contribution is -0.136. The predicted molar refractivity (Wildman–Crippen MR) is 96.2 cm³/mol. The molecule has 1 aromatic rings. The second-order valence-corrected chi connectivity index (χ2v) is 7.08. The van der Waals surface area contributed by atoms with Crippen LogP contribution < -0.4 is 0 Å². The standard InChI is InChI=1S/C19H23ClN2O3/c1-21-17(23)11-16(18(21)14-4-3-5-15(20)10-14)19(24)22-8-6-13(7-9-22)12-25-2/h3-6,10,16,18H,7-9,11-12H2,1-2H3. The minimum Gasteiger partial charge on any atom is -0.380 e. The van der Waals surface area contributed by atoms with Gasteiger partial charge in [-0.25, -0.2) is 0 Å². The van der Waals surface area contributed by atoms with Crippen molar-refractivity contribution < 1.29 is 14.3 Å². The number of carbonyl (C=O) groups is 2. The number of carbonyl (C=O) groups excluding carboxylic acids is 2. The Bertz CT molecular complexity index is 704. The van der Waals surface area contributed by atoms with Gasteiger partial charge < -0.3 is 14.5 Å². The normalized spacial score (nSPS) is 23.8. The molecular weight excluding hydrogens is 340 g/mol. The fourth-order valence-corrected chi connectivity index (χ4v) is 3.90. The lowest BCUT2D eigenvalue weighted by Crippen LogP contribution is -2.41. The molecule has 0 spiro atoms. The molecule has 6 heteroatoms. The molecule has 2 aliphatic rings. The van der Waals surface area contributed by atoms with E-state index in [0.29, 0.717) is 24.7 Å². The largest absolute Gasteiger partial charge is 0.380 e. The highest BCUT2D eigenvalue weighted by atomic mass is 35.5. The summed E-state index contributed by atoms with van der Waals surface area (Å²) in [4.78, 5) is 28.9. The number of methoxy groups -OCH3 is 1. The highest BCUT2D eigenvalue weighted by molar-refractivity contribution is 6.30. The van der Waals surface area contributed by atoms with Gasteiger partial charge in [-0.05, 0) is 29.7 Å². The second-order valence-electron chi connectivity index (χ2n) is 6.64. The summed E-state index contributed by atoms with van der Waals surface area (Å²) in [5.41, 5.74) is 2.13. The highest BCUT2D eigenvalue weighted by Gasteiger charge is 2.44. The summed E-state index contributed by atoms with van der Waals surface area (Å²) in [6, 6.07) is 7.16. The van der Waals surface area contributed by atoms with E-state index in [4.69, 9.17) is 16.3 Å². The molecule has 5 nitrogen and oxygen atoms in total. The molecule has 1 saturated heterocycles. The molecule has 2 heterocycles. The van der Waals surface area contributed by atoms with E-state index in [1.165, 1.54) is 5.57 Å². The van der Waals surface area contributed by atoms with E-state index in [1.54, 1.807) is 25.1 Å². The number of rotatable bonds is 4. The van der Waals surface area contributed by atoms with E-state index < -0.39 is 0 Å². The fourth-order valence-electron chi connectivity index (χ4n) is 3.70. The number of hydrogen-bond acceptors (Lipinski definition) is 3. The molecule has 2 amide bonds. The van der Waals surface area contributed by atoms with Gasteiger partial charge in [-0.3, -0.25) is 9.59 Å². The first-order chi connectivity index (χ1) is 12.0. The number of likely N-dealkylation sites (tertiary alicyclic amines) is 1. The van der Waals surface area contributed by atoms with E-state index in [1.807, 2.05) is 23.1 Å². The summed E-state index contributed by atoms with van der Waals surface area (Å²) in [6.07, 6.45) is 3.12. The third-order valence-electron chi connectivity index (χ3n) is 5.04. The molecule has 3 rings (SSSR count). The molecule has 0 aliphatic carbocycles. The van der Waals surface area contributed by atoms with Crippen LogP contribution in [0.2, 0.25) is 5.02 Å². The SMILES string of the molecule is COCC1=CCN(C(=O)C2CC(=O)N(C)C2c2cccc(Cl)c2)CC1. The zero-order chi connectivity index (χ0) is 18.0. The lowest BCUT2D eigenvalue weighted by atomic mass is 9.92. The van der Waals surface area contributed by atoms with Gasteiger partial charge in [0.1, 0.15) is 0 Å². The van der Waals surface area contributed by atoms with Crippen LogP contribution in [0.15, 0.2) is 35.9 Å². The van der Waals surface area contributed by atoms with E-state index >= 15 is 0 Å². The fraction of sp³-hybridized carbons (Fsp3) is 0.474. The maximum atomic E-state index is 13.1. The van der Waals surface area contributed by atoms with Gasteiger partial charge in [-0.2, -0.15) is 0 Å². The summed E-state index contributed by atoms with van der Waals surface area (Å²) >= 11 is 6.11. The quantitative estimate of drug-likeness (QED) is 0.774. The van der Waals surface area contributed by atoms with E-state index in [9.17, 15) is 9.59 Å². The van der Waals surface area contributed by atoms with E-state index in [2.05, 4.69) is 6.08 Å². The second kappa shape index (κ2) is 7.58. The summed E-state index contributed by atoms with van der Waals surface area (Å²) in [6.45, 7) is 1.86. The molecule has 1 fully saturated rings. The molecule has 134 valence electrons. The Morgan fingerprint density at radius 2 is 2.20 bits per heavy atom. The highest BCUT2D eigenvalue weighted by Crippen LogP contribution is 2.39. The molecule has 2 aliphatic heterocycles. The maximum Gasteiger partial charge on any atom is 0.228 e. The Morgan fingerprint density at radius 3 is 2.84 bits per heavy atom. The first-order valence-corrected chi connectivity index (χ1v) is 8.86. The Balaban J connectivity index is 1.80. The van der Waals surface area contributed by atoms with Gasteiger partial charge in [0, 0.05) is 38.7 Å². The van der Waals surface area contributed by atoms with Gasteiger partial charge in [0.15, 0.2) is 0 Å². The van der Waals surface area contributed by atoms with Gasteiger partial charge in [0.05, 0.1) is 18.6 Å². The van der Waals surface area contributed by atoms with Crippen LogP contribution in [0.25, 0.3) is 0 Å². The van der Waals surface area contributed by atoms with Gasteiger partial charge in [-0.15, -0.1) is 0 Å². The van der Waals surface area contributed by atoms with Crippen LogP contribution >= 0.6 is 11.6 Å². The molecule has 2 unspecified atom stereocenters.